The summed E-state index contributed by atoms with van der Waals surface area (Å²) in [6.07, 6.45) is 3.83. The molecule has 0 saturated heterocycles. The number of aromatic nitrogens is 1. The number of allylic oxidation sites excluding steroid dienone is 1. The summed E-state index contributed by atoms with van der Waals surface area (Å²) in [4.78, 5) is 44.3. The van der Waals surface area contributed by atoms with Gasteiger partial charge in [0.15, 0.2) is 4.80 Å². The predicted octanol–water partition coefficient (Wildman–Crippen LogP) is 2.92. The largest absolute Gasteiger partial charge is 0.466 e. The van der Waals surface area contributed by atoms with Gasteiger partial charge in [-0.05, 0) is 54.6 Å². The maximum atomic E-state index is 13.5. The van der Waals surface area contributed by atoms with Gasteiger partial charge in [-0.15, -0.1) is 11.8 Å². The van der Waals surface area contributed by atoms with Crippen LogP contribution in [-0.2, 0) is 14.3 Å². The van der Waals surface area contributed by atoms with Crippen LogP contribution in [-0.4, -0.2) is 37.0 Å². The van der Waals surface area contributed by atoms with E-state index in [-0.39, 0.29) is 11.1 Å². The van der Waals surface area contributed by atoms with E-state index >= 15 is 0 Å². The lowest BCUT2D eigenvalue weighted by molar-refractivity contribution is -0.136. The van der Waals surface area contributed by atoms with Crippen LogP contribution < -0.4 is 14.9 Å². The molecule has 0 amide bonds. The Kier molecular flexibility index (Phi) is 6.85. The minimum Gasteiger partial charge on any atom is -0.466 e. The highest BCUT2D eigenvalue weighted by Gasteiger charge is 2.33. The van der Waals surface area contributed by atoms with Gasteiger partial charge in [-0.25, -0.2) is 14.6 Å². The van der Waals surface area contributed by atoms with Crippen molar-refractivity contribution in [2.75, 3.05) is 20.5 Å². The Bertz CT molecular complexity index is 1470. The van der Waals surface area contributed by atoms with Crippen LogP contribution in [0.2, 0.25) is 0 Å². The molecule has 1 aliphatic rings. The number of fused-ring (bicyclic) bond motifs is 1. The van der Waals surface area contributed by atoms with Crippen molar-refractivity contribution in [1.82, 2.24) is 4.57 Å². The molecule has 34 heavy (non-hydrogen) atoms. The van der Waals surface area contributed by atoms with Crippen LogP contribution in [0.3, 0.4) is 0 Å². The molecule has 0 radical (unpaired) electrons. The first-order valence-electron chi connectivity index (χ1n) is 10.3. The van der Waals surface area contributed by atoms with Crippen molar-refractivity contribution in [3.63, 3.8) is 0 Å². The van der Waals surface area contributed by atoms with E-state index in [0.717, 1.165) is 10.5 Å². The summed E-state index contributed by atoms with van der Waals surface area (Å²) in [5.41, 5.74) is 2.41. The number of hydrogen-bond donors (Lipinski definition) is 0. The third kappa shape index (κ3) is 4.36. The predicted molar refractivity (Wildman–Crippen MR) is 132 cm³/mol. The molecular formula is C25H22N2O5S2. The molecule has 1 atom stereocenters. The number of thiazole rings is 1. The third-order valence-electron chi connectivity index (χ3n) is 5.49. The van der Waals surface area contributed by atoms with Gasteiger partial charge in [-0.1, -0.05) is 35.6 Å². The number of hydrogen-bond acceptors (Lipinski definition) is 8. The number of benzene rings is 2. The molecule has 1 unspecified atom stereocenters. The van der Waals surface area contributed by atoms with Gasteiger partial charge in [-0.3, -0.25) is 9.36 Å². The number of rotatable bonds is 5. The molecule has 7 nitrogen and oxygen atoms in total. The van der Waals surface area contributed by atoms with Crippen molar-refractivity contribution in [3.05, 3.63) is 96.2 Å². The molecule has 0 N–H and O–H groups in total. The average Bonchev–Trinajstić information content (AvgIpc) is 3.17. The Hall–Kier alpha value is -3.43. The SMILES string of the molecule is COC(=O)C1=C(C)N=c2sc(=Cc3ccc(SC)cc3)c(=O)n2C1c1ccc(C(=O)OC)cc1. The number of thioether (sulfide) groups is 1. The van der Waals surface area contributed by atoms with Gasteiger partial charge >= 0.3 is 11.9 Å². The van der Waals surface area contributed by atoms with E-state index in [0.29, 0.717) is 26.2 Å². The van der Waals surface area contributed by atoms with Crippen LogP contribution in [0.25, 0.3) is 6.08 Å². The number of carbonyl (C=O) groups is 2. The molecule has 2 heterocycles. The Morgan fingerprint density at radius 3 is 2.26 bits per heavy atom. The van der Waals surface area contributed by atoms with E-state index in [4.69, 9.17) is 9.47 Å². The quantitative estimate of drug-likeness (QED) is 0.401. The highest BCUT2D eigenvalue weighted by atomic mass is 32.2. The zero-order chi connectivity index (χ0) is 24.4. The first kappa shape index (κ1) is 23.7. The number of ether oxygens (including phenoxy) is 2. The molecule has 0 saturated carbocycles. The molecule has 0 fully saturated rings. The van der Waals surface area contributed by atoms with E-state index in [1.54, 1.807) is 43.0 Å². The Balaban J connectivity index is 1.90. The van der Waals surface area contributed by atoms with Crippen LogP contribution in [0.5, 0.6) is 0 Å². The fraction of sp³-hybridized carbons (Fsp3) is 0.200. The Morgan fingerprint density at radius 2 is 1.68 bits per heavy atom. The summed E-state index contributed by atoms with van der Waals surface area (Å²) >= 11 is 2.91. The zero-order valence-electron chi connectivity index (χ0n) is 19.0. The maximum absolute atomic E-state index is 13.5. The Labute approximate surface area is 204 Å². The molecular weight excluding hydrogens is 472 g/mol. The van der Waals surface area contributed by atoms with Crippen molar-refractivity contribution < 1.29 is 19.1 Å². The summed E-state index contributed by atoms with van der Waals surface area (Å²) in [6, 6.07) is 13.8. The van der Waals surface area contributed by atoms with Crippen molar-refractivity contribution >= 4 is 41.1 Å². The fourth-order valence-electron chi connectivity index (χ4n) is 3.78. The van der Waals surface area contributed by atoms with E-state index in [2.05, 4.69) is 4.99 Å². The summed E-state index contributed by atoms with van der Waals surface area (Å²) < 4.78 is 11.8. The van der Waals surface area contributed by atoms with Crippen LogP contribution >= 0.6 is 23.1 Å². The fourth-order valence-corrected chi connectivity index (χ4v) is 5.23. The lowest BCUT2D eigenvalue weighted by atomic mass is 9.95. The highest BCUT2D eigenvalue weighted by Crippen LogP contribution is 2.30. The van der Waals surface area contributed by atoms with Crippen LogP contribution in [0.4, 0.5) is 0 Å². The highest BCUT2D eigenvalue weighted by molar-refractivity contribution is 7.98. The van der Waals surface area contributed by atoms with Gasteiger partial charge in [0.1, 0.15) is 0 Å². The standard InChI is InChI=1S/C25H22N2O5S2/c1-14-20(24(30)32-3)21(16-7-9-17(10-8-16)23(29)31-2)27-22(28)19(34-25(27)26-14)13-15-5-11-18(33-4)12-6-15/h5-13,21H,1-4H3. The number of methoxy groups -OCH3 is 2. The first-order chi connectivity index (χ1) is 16.4. The van der Waals surface area contributed by atoms with Crippen molar-refractivity contribution in [3.8, 4) is 0 Å². The molecule has 4 rings (SSSR count). The van der Waals surface area contributed by atoms with Crippen molar-refractivity contribution in [2.24, 2.45) is 4.99 Å². The van der Waals surface area contributed by atoms with E-state index in [1.807, 2.05) is 36.6 Å². The molecule has 1 aromatic heterocycles. The minimum absolute atomic E-state index is 0.256. The molecule has 0 aliphatic carbocycles. The second kappa shape index (κ2) is 9.82. The number of carbonyl (C=O) groups excluding carboxylic acids is 2. The molecule has 2 aromatic carbocycles. The summed E-state index contributed by atoms with van der Waals surface area (Å²) in [7, 11) is 2.60. The number of nitrogens with zero attached hydrogens (tertiary/aromatic N) is 2. The third-order valence-corrected chi connectivity index (χ3v) is 7.21. The van der Waals surface area contributed by atoms with Gasteiger partial charge in [-0.2, -0.15) is 0 Å². The second-order valence-corrected chi connectivity index (χ2v) is 9.35. The van der Waals surface area contributed by atoms with Gasteiger partial charge in [0.2, 0.25) is 0 Å². The molecule has 1 aliphatic heterocycles. The molecule has 174 valence electrons. The normalized spacial score (nSPS) is 15.5. The smallest absolute Gasteiger partial charge is 0.338 e. The van der Waals surface area contributed by atoms with E-state index < -0.39 is 18.0 Å². The zero-order valence-corrected chi connectivity index (χ0v) is 20.7. The van der Waals surface area contributed by atoms with Crippen LogP contribution in [0.1, 0.15) is 34.5 Å². The van der Waals surface area contributed by atoms with Gasteiger partial charge < -0.3 is 9.47 Å². The molecule has 0 spiro atoms. The van der Waals surface area contributed by atoms with Crippen molar-refractivity contribution in [2.45, 2.75) is 17.9 Å². The maximum Gasteiger partial charge on any atom is 0.338 e. The lowest BCUT2D eigenvalue weighted by Crippen LogP contribution is -2.39. The minimum atomic E-state index is -0.739. The van der Waals surface area contributed by atoms with Crippen LogP contribution in [0.15, 0.2) is 74.5 Å². The average molecular weight is 495 g/mol. The Morgan fingerprint density at radius 1 is 1.03 bits per heavy atom. The van der Waals surface area contributed by atoms with Crippen molar-refractivity contribution in [1.29, 1.82) is 0 Å². The van der Waals surface area contributed by atoms with Crippen LogP contribution in [0, 0.1) is 0 Å². The van der Waals surface area contributed by atoms with E-state index in [9.17, 15) is 14.4 Å². The summed E-state index contributed by atoms with van der Waals surface area (Å²) in [5.74, 6) is -1.03. The topological polar surface area (TPSA) is 87.0 Å². The molecule has 9 heteroatoms. The lowest BCUT2D eigenvalue weighted by Gasteiger charge is -2.24. The molecule has 3 aromatic rings. The number of esters is 2. The summed E-state index contributed by atoms with van der Waals surface area (Å²) in [5, 5.41) is 0. The molecule has 0 bridgehead atoms. The first-order valence-corrected chi connectivity index (χ1v) is 12.3. The summed E-state index contributed by atoms with van der Waals surface area (Å²) in [6.45, 7) is 1.72. The van der Waals surface area contributed by atoms with Gasteiger partial charge in [0.25, 0.3) is 5.56 Å². The monoisotopic (exact) mass is 494 g/mol. The van der Waals surface area contributed by atoms with Gasteiger partial charge in [0, 0.05) is 4.90 Å². The van der Waals surface area contributed by atoms with Gasteiger partial charge in [0.05, 0.1) is 41.6 Å². The van der Waals surface area contributed by atoms with E-state index in [1.165, 1.54) is 30.1 Å². The second-order valence-electron chi connectivity index (χ2n) is 7.46.